The van der Waals surface area contributed by atoms with Crippen molar-refractivity contribution in [2.75, 3.05) is 0 Å². The molecule has 0 unspecified atom stereocenters. The van der Waals surface area contributed by atoms with Crippen molar-refractivity contribution in [2.24, 2.45) is 0 Å². The Morgan fingerprint density at radius 1 is 0.500 bits per heavy atom. The molecule has 188 valence electrons. The van der Waals surface area contributed by atoms with Crippen molar-refractivity contribution in [2.45, 2.75) is 20.8 Å². The second-order valence-corrected chi connectivity index (χ2v) is 11.5. The average molecular weight is 510 g/mol. The SMILES string of the molecule is Cc1cc2c3c(c1)-n1c(-c4ccccc4)c(C)c4cccc(c41)B3c1cccc3c(C)c(-c4ccccc4)n-2c13. The van der Waals surface area contributed by atoms with Crippen LogP contribution in [0.1, 0.15) is 16.7 Å². The van der Waals surface area contributed by atoms with Gasteiger partial charge in [0.15, 0.2) is 0 Å². The van der Waals surface area contributed by atoms with E-state index in [0.717, 1.165) is 0 Å². The zero-order chi connectivity index (χ0) is 26.7. The molecule has 0 saturated carbocycles. The molecule has 7 aromatic rings. The fourth-order valence-corrected chi connectivity index (χ4v) is 7.78. The quantitative estimate of drug-likeness (QED) is 0.222. The predicted molar refractivity (Wildman–Crippen MR) is 170 cm³/mol. The number of hydrogen-bond donors (Lipinski definition) is 0. The van der Waals surface area contributed by atoms with Gasteiger partial charge in [-0.05, 0) is 77.1 Å². The first-order valence-corrected chi connectivity index (χ1v) is 14.2. The molecule has 9 rings (SSSR count). The third-order valence-corrected chi connectivity index (χ3v) is 9.31. The summed E-state index contributed by atoms with van der Waals surface area (Å²) in [6.45, 7) is 7.03. The lowest BCUT2D eigenvalue weighted by Gasteiger charge is -2.34. The van der Waals surface area contributed by atoms with Crippen LogP contribution in [0.15, 0.2) is 109 Å². The summed E-state index contributed by atoms with van der Waals surface area (Å²) in [4.78, 5) is 0. The summed E-state index contributed by atoms with van der Waals surface area (Å²) in [5, 5.41) is 2.69. The van der Waals surface area contributed by atoms with Crippen LogP contribution >= 0.6 is 0 Å². The van der Waals surface area contributed by atoms with Gasteiger partial charge in [0, 0.05) is 33.2 Å². The zero-order valence-corrected chi connectivity index (χ0v) is 22.9. The molecule has 0 fully saturated rings. The number of aromatic nitrogens is 2. The molecule has 0 amide bonds. The summed E-state index contributed by atoms with van der Waals surface area (Å²) < 4.78 is 5.14. The number of nitrogens with zero attached hydrogens (tertiary/aromatic N) is 2. The molecular formula is C37H27BN2. The van der Waals surface area contributed by atoms with Gasteiger partial charge >= 0.3 is 0 Å². The van der Waals surface area contributed by atoms with Crippen molar-refractivity contribution < 1.29 is 0 Å². The Morgan fingerprint density at radius 3 is 1.40 bits per heavy atom. The summed E-state index contributed by atoms with van der Waals surface area (Å²) in [7, 11) is 0. The molecule has 2 aliphatic rings. The minimum atomic E-state index is 0.189. The normalized spacial score (nSPS) is 12.8. The molecule has 0 atom stereocenters. The van der Waals surface area contributed by atoms with Gasteiger partial charge in [0.25, 0.3) is 6.71 Å². The van der Waals surface area contributed by atoms with E-state index < -0.39 is 0 Å². The first kappa shape index (κ1) is 22.1. The number of aryl methyl sites for hydroxylation is 3. The molecule has 5 aromatic carbocycles. The van der Waals surface area contributed by atoms with E-state index in [0.29, 0.717) is 0 Å². The fraction of sp³-hybridized carbons (Fsp3) is 0.0811. The monoisotopic (exact) mass is 510 g/mol. The maximum atomic E-state index is 2.57. The molecule has 3 heteroatoms. The van der Waals surface area contributed by atoms with E-state index in [1.807, 2.05) is 0 Å². The van der Waals surface area contributed by atoms with Crippen molar-refractivity contribution in [3.05, 3.63) is 126 Å². The Hall–Kier alpha value is -4.76. The smallest absolute Gasteiger partial charge is 0.252 e. The molecule has 0 aliphatic carbocycles. The Balaban J connectivity index is 1.50. The molecule has 2 aliphatic heterocycles. The van der Waals surface area contributed by atoms with E-state index in [-0.39, 0.29) is 6.71 Å². The highest BCUT2D eigenvalue weighted by atomic mass is 15.0. The van der Waals surface area contributed by atoms with Crippen molar-refractivity contribution in [1.82, 2.24) is 9.13 Å². The molecule has 40 heavy (non-hydrogen) atoms. The maximum absolute atomic E-state index is 2.57. The largest absolute Gasteiger partial charge is 0.310 e. The Labute approximate surface area is 234 Å². The van der Waals surface area contributed by atoms with Gasteiger partial charge in [0.05, 0.1) is 11.4 Å². The van der Waals surface area contributed by atoms with Gasteiger partial charge in [0.1, 0.15) is 0 Å². The van der Waals surface area contributed by atoms with Crippen LogP contribution in [0.3, 0.4) is 0 Å². The van der Waals surface area contributed by atoms with E-state index in [4.69, 9.17) is 0 Å². The van der Waals surface area contributed by atoms with E-state index in [9.17, 15) is 0 Å². The van der Waals surface area contributed by atoms with Crippen LogP contribution in [-0.4, -0.2) is 15.8 Å². The maximum Gasteiger partial charge on any atom is 0.252 e. The third-order valence-electron chi connectivity index (χ3n) is 9.31. The van der Waals surface area contributed by atoms with Crippen molar-refractivity contribution >= 4 is 44.9 Å². The van der Waals surface area contributed by atoms with Gasteiger partial charge in [-0.2, -0.15) is 0 Å². The summed E-state index contributed by atoms with van der Waals surface area (Å²) in [6.07, 6.45) is 0. The van der Waals surface area contributed by atoms with E-state index >= 15 is 0 Å². The minimum Gasteiger partial charge on any atom is -0.310 e. The number of rotatable bonds is 2. The van der Waals surface area contributed by atoms with Crippen LogP contribution in [0.2, 0.25) is 0 Å². The molecule has 0 radical (unpaired) electrons. The van der Waals surface area contributed by atoms with Gasteiger partial charge in [0.2, 0.25) is 0 Å². The summed E-state index contributed by atoms with van der Waals surface area (Å²) >= 11 is 0. The highest BCUT2D eigenvalue weighted by Gasteiger charge is 2.41. The molecule has 0 saturated heterocycles. The average Bonchev–Trinajstić information content (AvgIpc) is 3.46. The molecule has 4 heterocycles. The second-order valence-electron chi connectivity index (χ2n) is 11.5. The van der Waals surface area contributed by atoms with Gasteiger partial charge in [-0.25, -0.2) is 0 Å². The van der Waals surface area contributed by atoms with Crippen LogP contribution in [0.5, 0.6) is 0 Å². The Bertz CT molecular complexity index is 2030. The number of benzene rings is 5. The lowest BCUT2D eigenvalue weighted by molar-refractivity contribution is 1.09. The van der Waals surface area contributed by atoms with Crippen LogP contribution in [0.25, 0.3) is 55.7 Å². The first-order chi connectivity index (χ1) is 19.6. The summed E-state index contributed by atoms with van der Waals surface area (Å²) in [5.41, 5.74) is 18.6. The van der Waals surface area contributed by atoms with Gasteiger partial charge in [-0.15, -0.1) is 0 Å². The number of hydrogen-bond acceptors (Lipinski definition) is 0. The summed E-state index contributed by atoms with van der Waals surface area (Å²) in [6, 6.07) is 40.5. The van der Waals surface area contributed by atoms with Crippen LogP contribution in [-0.2, 0) is 0 Å². The zero-order valence-electron chi connectivity index (χ0n) is 22.9. The van der Waals surface area contributed by atoms with Crippen molar-refractivity contribution in [3.8, 4) is 33.9 Å². The Kier molecular flexibility index (Phi) is 4.24. The van der Waals surface area contributed by atoms with Gasteiger partial charge in [-0.1, -0.05) is 97.1 Å². The molecule has 0 bridgehead atoms. The van der Waals surface area contributed by atoms with Crippen LogP contribution in [0, 0.1) is 20.8 Å². The van der Waals surface area contributed by atoms with E-state index in [1.54, 1.807) is 0 Å². The molecule has 2 nitrogen and oxygen atoms in total. The van der Waals surface area contributed by atoms with Crippen LogP contribution in [0.4, 0.5) is 0 Å². The minimum absolute atomic E-state index is 0.189. The molecule has 0 N–H and O–H groups in total. The number of fused-ring (bicyclic) bond motifs is 4. The van der Waals surface area contributed by atoms with Crippen molar-refractivity contribution in [3.63, 3.8) is 0 Å². The van der Waals surface area contributed by atoms with Gasteiger partial charge < -0.3 is 9.13 Å². The van der Waals surface area contributed by atoms with Crippen molar-refractivity contribution in [1.29, 1.82) is 0 Å². The summed E-state index contributed by atoms with van der Waals surface area (Å²) in [5.74, 6) is 0. The van der Waals surface area contributed by atoms with Crippen LogP contribution < -0.4 is 16.4 Å². The Morgan fingerprint density at radius 2 is 0.950 bits per heavy atom. The highest BCUT2D eigenvalue weighted by Crippen LogP contribution is 2.42. The molecule has 0 spiro atoms. The predicted octanol–water partition coefficient (Wildman–Crippen LogP) is 6.98. The lowest BCUT2D eigenvalue weighted by Crippen LogP contribution is -2.59. The topological polar surface area (TPSA) is 9.86 Å². The second kappa shape index (κ2) is 7.67. The number of para-hydroxylation sites is 2. The first-order valence-electron chi connectivity index (χ1n) is 14.2. The standard InChI is InChI=1S/C37H27BN2/c1-22-20-31-33-32(21-22)40-35(26-14-8-5-9-15-26)24(3)28-17-11-19-30(37(28)40)38(33)29-18-10-16-27-23(2)34(39(31)36(27)29)25-12-6-4-7-13-25/h4-21H,1-3H3. The third kappa shape index (κ3) is 2.60. The lowest BCUT2D eigenvalue weighted by atomic mass is 9.34. The highest BCUT2D eigenvalue weighted by molar-refractivity contribution is 7.00. The fourth-order valence-electron chi connectivity index (χ4n) is 7.78. The van der Waals surface area contributed by atoms with E-state index in [2.05, 4.69) is 139 Å². The molecular weight excluding hydrogens is 483 g/mol. The van der Waals surface area contributed by atoms with Gasteiger partial charge in [-0.3, -0.25) is 0 Å². The molecule has 2 aromatic heterocycles. The van der Waals surface area contributed by atoms with E-state index in [1.165, 1.54) is 88.8 Å².